The van der Waals surface area contributed by atoms with Gasteiger partial charge in [0.15, 0.2) is 0 Å². The van der Waals surface area contributed by atoms with Crippen LogP contribution in [0.2, 0.25) is 0 Å². The highest BCUT2D eigenvalue weighted by atomic mass is 32.2. The van der Waals surface area contributed by atoms with Crippen LogP contribution in [-0.4, -0.2) is 50.5 Å². The lowest BCUT2D eigenvalue weighted by Crippen LogP contribution is -2.47. The van der Waals surface area contributed by atoms with Crippen molar-refractivity contribution in [3.63, 3.8) is 0 Å². The molecule has 2 aromatic carbocycles. The van der Waals surface area contributed by atoms with Crippen LogP contribution in [0.15, 0.2) is 48.5 Å². The molecule has 2 rings (SSSR count). The maximum Gasteiger partial charge on any atom is 0.242 e. The fourth-order valence-corrected chi connectivity index (χ4v) is 4.74. The van der Waals surface area contributed by atoms with E-state index < -0.39 is 16.1 Å². The summed E-state index contributed by atoms with van der Waals surface area (Å²) in [5.41, 5.74) is 3.77. The monoisotopic (exact) mass is 501 g/mol. The zero-order chi connectivity index (χ0) is 26.0. The zero-order valence-electron chi connectivity index (χ0n) is 21.6. The molecule has 8 heteroatoms. The van der Waals surface area contributed by atoms with Gasteiger partial charge in [0.1, 0.15) is 6.04 Å². The number of anilines is 1. The molecule has 0 aliphatic heterocycles. The van der Waals surface area contributed by atoms with Crippen LogP contribution in [0.25, 0.3) is 0 Å². The van der Waals surface area contributed by atoms with Gasteiger partial charge in [0.25, 0.3) is 0 Å². The second kappa shape index (κ2) is 13.3. The predicted molar refractivity (Wildman–Crippen MR) is 142 cm³/mol. The van der Waals surface area contributed by atoms with Crippen LogP contribution < -0.4 is 9.62 Å². The first-order valence-corrected chi connectivity index (χ1v) is 14.1. The molecule has 0 aromatic heterocycles. The van der Waals surface area contributed by atoms with E-state index in [1.54, 1.807) is 24.0 Å². The fourth-order valence-electron chi connectivity index (χ4n) is 3.77. The number of nitrogens with zero attached hydrogens (tertiary/aromatic N) is 2. The summed E-state index contributed by atoms with van der Waals surface area (Å²) >= 11 is 0. The molecule has 2 aromatic rings. The molecule has 0 fully saturated rings. The van der Waals surface area contributed by atoms with Crippen molar-refractivity contribution in [2.75, 3.05) is 23.7 Å². The lowest BCUT2D eigenvalue weighted by Gasteiger charge is -2.29. The molecule has 0 heterocycles. The van der Waals surface area contributed by atoms with Gasteiger partial charge >= 0.3 is 0 Å². The minimum absolute atomic E-state index is 0.135. The van der Waals surface area contributed by atoms with E-state index >= 15 is 0 Å². The summed E-state index contributed by atoms with van der Waals surface area (Å²) < 4.78 is 26.2. The molecule has 35 heavy (non-hydrogen) atoms. The summed E-state index contributed by atoms with van der Waals surface area (Å²) in [7, 11) is -3.50. The van der Waals surface area contributed by atoms with Gasteiger partial charge in [-0.25, -0.2) is 8.42 Å². The van der Waals surface area contributed by atoms with Gasteiger partial charge in [-0.3, -0.25) is 13.9 Å². The van der Waals surface area contributed by atoms with Crippen molar-refractivity contribution in [2.45, 2.75) is 66.0 Å². The minimum Gasteiger partial charge on any atom is -0.354 e. The summed E-state index contributed by atoms with van der Waals surface area (Å²) in [6.45, 7) is 8.80. The molecule has 0 aliphatic carbocycles. The number of carbonyl (C=O) groups is 2. The highest BCUT2D eigenvalue weighted by Crippen LogP contribution is 2.20. The van der Waals surface area contributed by atoms with Crippen LogP contribution in [0.3, 0.4) is 0 Å². The van der Waals surface area contributed by atoms with Crippen LogP contribution in [-0.2, 0) is 32.6 Å². The Bertz CT molecular complexity index is 1070. The van der Waals surface area contributed by atoms with E-state index in [9.17, 15) is 18.0 Å². The first-order valence-electron chi connectivity index (χ1n) is 12.3. The standard InChI is InChI=1S/C27H39N3O4S/c1-6-18-28-27(32)22(4)29(20-24-12-10-21(3)11-13-24)26(31)9-8-19-30(35(5,33)34)25-16-14-23(7-2)15-17-25/h10-17,22H,6-9,18-20H2,1-5H3,(H,28,32)/t22-/m0/s1. The Hall–Kier alpha value is -2.87. The van der Waals surface area contributed by atoms with Gasteiger partial charge in [-0.2, -0.15) is 0 Å². The average molecular weight is 502 g/mol. The molecule has 2 amide bonds. The Kier molecular flexibility index (Phi) is 10.8. The Morgan fingerprint density at radius 1 is 0.971 bits per heavy atom. The normalized spacial score (nSPS) is 12.1. The number of aryl methyl sites for hydroxylation is 2. The molecule has 7 nitrogen and oxygen atoms in total. The van der Waals surface area contributed by atoms with Crippen molar-refractivity contribution in [1.82, 2.24) is 10.2 Å². The Labute approximate surface area is 210 Å². The average Bonchev–Trinajstić information content (AvgIpc) is 2.83. The number of hydrogen-bond donors (Lipinski definition) is 1. The third-order valence-electron chi connectivity index (χ3n) is 5.97. The van der Waals surface area contributed by atoms with Gasteiger partial charge in [0, 0.05) is 26.1 Å². The number of nitrogens with one attached hydrogen (secondary N) is 1. The number of rotatable bonds is 13. The number of amides is 2. The third kappa shape index (κ3) is 8.69. The lowest BCUT2D eigenvalue weighted by atomic mass is 10.1. The van der Waals surface area contributed by atoms with E-state index in [1.165, 1.54) is 10.6 Å². The number of sulfonamides is 1. The third-order valence-corrected chi connectivity index (χ3v) is 7.17. The molecule has 1 N–H and O–H groups in total. The molecule has 0 aliphatic rings. The Morgan fingerprint density at radius 2 is 1.57 bits per heavy atom. The van der Waals surface area contributed by atoms with Crippen molar-refractivity contribution >= 4 is 27.5 Å². The quantitative estimate of drug-likeness (QED) is 0.449. The number of benzene rings is 2. The second-order valence-corrected chi connectivity index (χ2v) is 10.8. The summed E-state index contributed by atoms with van der Waals surface area (Å²) in [6, 6.07) is 14.7. The minimum atomic E-state index is -3.50. The molecule has 0 saturated heterocycles. The van der Waals surface area contributed by atoms with Gasteiger partial charge < -0.3 is 10.2 Å². The number of carbonyl (C=O) groups excluding carboxylic acids is 2. The molecular weight excluding hydrogens is 462 g/mol. The molecule has 1 atom stereocenters. The van der Waals surface area contributed by atoms with Gasteiger partial charge in [-0.1, -0.05) is 55.8 Å². The van der Waals surface area contributed by atoms with Crippen molar-refractivity contribution in [2.24, 2.45) is 0 Å². The maximum atomic E-state index is 13.3. The van der Waals surface area contributed by atoms with Gasteiger partial charge in [-0.05, 0) is 56.4 Å². The van der Waals surface area contributed by atoms with Gasteiger partial charge in [0.05, 0.1) is 11.9 Å². The Morgan fingerprint density at radius 3 is 2.11 bits per heavy atom. The molecule has 0 radical (unpaired) electrons. The summed E-state index contributed by atoms with van der Waals surface area (Å²) in [5, 5.41) is 2.87. The van der Waals surface area contributed by atoms with E-state index in [0.29, 0.717) is 25.2 Å². The first-order chi connectivity index (χ1) is 16.6. The SMILES string of the molecule is CCCNC(=O)[C@H](C)N(Cc1ccc(C)cc1)C(=O)CCCN(c1ccc(CC)cc1)S(C)(=O)=O. The Balaban J connectivity index is 2.14. The van der Waals surface area contributed by atoms with E-state index in [1.807, 2.05) is 57.2 Å². The van der Waals surface area contributed by atoms with Crippen LogP contribution in [0.1, 0.15) is 56.7 Å². The molecule has 0 spiro atoms. The largest absolute Gasteiger partial charge is 0.354 e. The van der Waals surface area contributed by atoms with E-state index in [0.717, 1.165) is 29.5 Å². The van der Waals surface area contributed by atoms with Crippen LogP contribution in [0, 0.1) is 6.92 Å². The molecular formula is C27H39N3O4S. The first kappa shape index (κ1) is 28.4. The van der Waals surface area contributed by atoms with Crippen LogP contribution in [0.4, 0.5) is 5.69 Å². The summed E-state index contributed by atoms with van der Waals surface area (Å²) in [5.74, 6) is -0.374. The molecule has 0 bridgehead atoms. The second-order valence-electron chi connectivity index (χ2n) is 8.93. The van der Waals surface area contributed by atoms with Gasteiger partial charge in [0.2, 0.25) is 21.8 Å². The molecule has 0 unspecified atom stereocenters. The van der Waals surface area contributed by atoms with E-state index in [2.05, 4.69) is 5.32 Å². The maximum absolute atomic E-state index is 13.3. The highest BCUT2D eigenvalue weighted by Gasteiger charge is 2.26. The summed E-state index contributed by atoms with van der Waals surface area (Å²) in [6.07, 6.45) is 3.33. The molecule has 0 saturated carbocycles. The van der Waals surface area contributed by atoms with E-state index in [-0.39, 0.29) is 24.8 Å². The van der Waals surface area contributed by atoms with Crippen molar-refractivity contribution in [3.05, 3.63) is 65.2 Å². The smallest absolute Gasteiger partial charge is 0.242 e. The van der Waals surface area contributed by atoms with Crippen molar-refractivity contribution < 1.29 is 18.0 Å². The van der Waals surface area contributed by atoms with Crippen LogP contribution >= 0.6 is 0 Å². The topological polar surface area (TPSA) is 86.8 Å². The summed E-state index contributed by atoms with van der Waals surface area (Å²) in [4.78, 5) is 27.5. The van der Waals surface area contributed by atoms with Crippen LogP contribution in [0.5, 0.6) is 0 Å². The molecule has 192 valence electrons. The van der Waals surface area contributed by atoms with Crippen molar-refractivity contribution in [3.8, 4) is 0 Å². The highest BCUT2D eigenvalue weighted by molar-refractivity contribution is 7.92. The predicted octanol–water partition coefficient (Wildman–Crippen LogP) is 4.05. The number of hydrogen-bond acceptors (Lipinski definition) is 4. The van der Waals surface area contributed by atoms with E-state index in [4.69, 9.17) is 0 Å². The fraction of sp³-hybridized carbons (Fsp3) is 0.481. The van der Waals surface area contributed by atoms with Gasteiger partial charge in [-0.15, -0.1) is 0 Å². The lowest BCUT2D eigenvalue weighted by molar-refractivity contribution is -0.140. The zero-order valence-corrected chi connectivity index (χ0v) is 22.4. The van der Waals surface area contributed by atoms with Crippen molar-refractivity contribution in [1.29, 1.82) is 0 Å².